The molecule has 0 unspecified atom stereocenters. The lowest BCUT2D eigenvalue weighted by atomic mass is 9.95. The lowest BCUT2D eigenvalue weighted by molar-refractivity contribution is -0.0196. The molecule has 0 spiro atoms. The van der Waals surface area contributed by atoms with E-state index in [2.05, 4.69) is 17.1 Å². The molecule has 0 atom stereocenters. The fourth-order valence-electron chi connectivity index (χ4n) is 3.44. The number of pyridine rings is 1. The summed E-state index contributed by atoms with van der Waals surface area (Å²) >= 11 is 1.41. The molecule has 2 aliphatic heterocycles. The summed E-state index contributed by atoms with van der Waals surface area (Å²) in [7, 11) is 0. The van der Waals surface area contributed by atoms with Crippen LogP contribution in [0.3, 0.4) is 0 Å². The van der Waals surface area contributed by atoms with Gasteiger partial charge in [0.15, 0.2) is 0 Å². The molecule has 0 N–H and O–H groups in total. The molecule has 3 heterocycles. The monoisotopic (exact) mass is 460 g/mol. The summed E-state index contributed by atoms with van der Waals surface area (Å²) in [4.78, 5) is 6.27. The van der Waals surface area contributed by atoms with Crippen molar-refractivity contribution in [2.45, 2.75) is 17.6 Å². The molecule has 4 rings (SSSR count). The molecule has 2 aliphatic rings. The normalized spacial score (nSPS) is 16.2. The third kappa shape index (κ3) is 4.62. The van der Waals surface area contributed by atoms with Gasteiger partial charge in [-0.25, -0.2) is 18.2 Å². The number of alkyl halides is 3. The Kier molecular flexibility index (Phi) is 6.73. The summed E-state index contributed by atoms with van der Waals surface area (Å²) in [5.41, 5.74) is 1.40. The number of halogens is 3. The second kappa shape index (κ2) is 9.68. The van der Waals surface area contributed by atoms with E-state index in [9.17, 15) is 23.7 Å². The van der Waals surface area contributed by atoms with Crippen molar-refractivity contribution in [1.29, 1.82) is 10.5 Å². The van der Waals surface area contributed by atoms with Gasteiger partial charge >= 0.3 is 0 Å². The van der Waals surface area contributed by atoms with E-state index in [1.54, 1.807) is 17.0 Å². The molecule has 0 radical (unpaired) electrons. The number of benzene rings is 1. The Morgan fingerprint density at radius 2 is 1.84 bits per heavy atom. The van der Waals surface area contributed by atoms with Crippen molar-refractivity contribution in [3.8, 4) is 29.0 Å². The van der Waals surface area contributed by atoms with Crippen molar-refractivity contribution in [2.75, 3.05) is 43.6 Å². The largest absolute Gasteiger partial charge is 0.488 e. The molecule has 2 aromatic rings. The Labute approximate surface area is 187 Å². The quantitative estimate of drug-likeness (QED) is 0.550. The molecule has 2 fully saturated rings. The standard InChI is InChI=1S/C22H19F3N4O2S/c23-15-7-29(8-15)21-17(5-26)20(14-1-3-16(4-2-14)31-11-19(24)25)18(6-27)22(28-21)32-12-13-9-30-10-13/h1-4,13,15,19H,7-12H2. The fourth-order valence-corrected chi connectivity index (χ4v) is 4.46. The van der Waals surface area contributed by atoms with E-state index >= 15 is 0 Å². The lowest BCUT2D eigenvalue weighted by Gasteiger charge is -2.36. The molecule has 10 heteroatoms. The van der Waals surface area contributed by atoms with E-state index in [4.69, 9.17) is 9.47 Å². The van der Waals surface area contributed by atoms with Gasteiger partial charge in [0.1, 0.15) is 47.1 Å². The van der Waals surface area contributed by atoms with E-state index in [1.807, 2.05) is 0 Å². The molecular formula is C22H19F3N4O2S. The van der Waals surface area contributed by atoms with Crippen LogP contribution in [-0.2, 0) is 4.74 Å². The van der Waals surface area contributed by atoms with Gasteiger partial charge in [-0.3, -0.25) is 0 Å². The van der Waals surface area contributed by atoms with E-state index in [-0.39, 0.29) is 30.0 Å². The number of nitrogens with zero attached hydrogens (tertiary/aromatic N) is 4. The molecule has 1 aromatic carbocycles. The molecule has 32 heavy (non-hydrogen) atoms. The molecule has 0 bridgehead atoms. The van der Waals surface area contributed by atoms with E-state index in [0.717, 1.165) is 0 Å². The minimum Gasteiger partial charge on any atom is -0.488 e. The molecule has 1 aromatic heterocycles. The Morgan fingerprint density at radius 1 is 1.16 bits per heavy atom. The second-order valence-electron chi connectivity index (χ2n) is 7.53. The Balaban J connectivity index is 1.75. The summed E-state index contributed by atoms with van der Waals surface area (Å²) in [6.07, 6.45) is -3.58. The van der Waals surface area contributed by atoms with Crippen LogP contribution in [0.15, 0.2) is 29.3 Å². The minimum atomic E-state index is -2.59. The lowest BCUT2D eigenvalue weighted by Crippen LogP contribution is -2.49. The number of nitriles is 2. The van der Waals surface area contributed by atoms with Gasteiger partial charge in [0, 0.05) is 17.2 Å². The summed E-state index contributed by atoms with van der Waals surface area (Å²) in [5, 5.41) is 20.3. The molecular weight excluding hydrogens is 441 g/mol. The third-order valence-electron chi connectivity index (χ3n) is 5.19. The smallest absolute Gasteiger partial charge is 0.272 e. The number of hydrogen-bond acceptors (Lipinski definition) is 7. The average molecular weight is 460 g/mol. The predicted octanol–water partition coefficient (Wildman–Crippen LogP) is 4.03. The van der Waals surface area contributed by atoms with Gasteiger partial charge in [0.2, 0.25) is 0 Å². The van der Waals surface area contributed by atoms with Gasteiger partial charge in [-0.15, -0.1) is 11.8 Å². The third-order valence-corrected chi connectivity index (χ3v) is 6.39. The first-order valence-corrected chi connectivity index (χ1v) is 11.0. The van der Waals surface area contributed by atoms with Gasteiger partial charge in [-0.05, 0) is 17.7 Å². The minimum absolute atomic E-state index is 0.133. The van der Waals surface area contributed by atoms with Crippen LogP contribution in [0.5, 0.6) is 5.75 Å². The van der Waals surface area contributed by atoms with Crippen LogP contribution < -0.4 is 9.64 Å². The highest BCUT2D eigenvalue weighted by molar-refractivity contribution is 7.99. The number of thioether (sulfide) groups is 1. The van der Waals surface area contributed by atoms with Gasteiger partial charge in [-0.1, -0.05) is 12.1 Å². The van der Waals surface area contributed by atoms with Crippen LogP contribution >= 0.6 is 11.8 Å². The molecule has 0 aliphatic carbocycles. The van der Waals surface area contributed by atoms with Crippen LogP contribution in [0, 0.1) is 28.6 Å². The first-order chi connectivity index (χ1) is 15.5. The summed E-state index contributed by atoms with van der Waals surface area (Å²) in [6.45, 7) is 0.847. The van der Waals surface area contributed by atoms with Crippen LogP contribution in [0.4, 0.5) is 19.0 Å². The zero-order valence-corrected chi connectivity index (χ0v) is 17.7. The highest BCUT2D eigenvalue weighted by Gasteiger charge is 2.33. The average Bonchev–Trinajstić information content (AvgIpc) is 2.73. The van der Waals surface area contributed by atoms with Gasteiger partial charge < -0.3 is 14.4 Å². The van der Waals surface area contributed by atoms with Crippen LogP contribution in [-0.4, -0.2) is 56.2 Å². The summed E-state index contributed by atoms with van der Waals surface area (Å²) in [5.74, 6) is 1.67. The first-order valence-electron chi connectivity index (χ1n) is 9.99. The molecule has 166 valence electrons. The van der Waals surface area contributed by atoms with Crippen molar-refractivity contribution in [3.63, 3.8) is 0 Å². The van der Waals surface area contributed by atoms with Crippen molar-refractivity contribution in [2.24, 2.45) is 5.92 Å². The maximum absolute atomic E-state index is 13.5. The van der Waals surface area contributed by atoms with Gasteiger partial charge in [-0.2, -0.15) is 10.5 Å². The van der Waals surface area contributed by atoms with Crippen LogP contribution in [0.1, 0.15) is 11.1 Å². The molecule has 2 saturated heterocycles. The summed E-state index contributed by atoms with van der Waals surface area (Å²) in [6, 6.07) is 10.6. The fraction of sp³-hybridized carbons (Fsp3) is 0.409. The van der Waals surface area contributed by atoms with Crippen molar-refractivity contribution < 1.29 is 22.6 Å². The maximum Gasteiger partial charge on any atom is 0.272 e. The predicted molar refractivity (Wildman–Crippen MR) is 113 cm³/mol. The highest BCUT2D eigenvalue weighted by atomic mass is 32.2. The number of ether oxygens (including phenoxy) is 2. The Morgan fingerprint density at radius 3 is 2.38 bits per heavy atom. The van der Waals surface area contributed by atoms with Crippen molar-refractivity contribution in [3.05, 3.63) is 35.4 Å². The number of rotatable bonds is 8. The van der Waals surface area contributed by atoms with Crippen molar-refractivity contribution in [1.82, 2.24) is 4.98 Å². The van der Waals surface area contributed by atoms with Crippen LogP contribution in [0.25, 0.3) is 11.1 Å². The molecule has 6 nitrogen and oxygen atoms in total. The topological polar surface area (TPSA) is 82.2 Å². The first kappa shape index (κ1) is 22.3. The summed E-state index contributed by atoms with van der Waals surface area (Å²) < 4.78 is 48.6. The zero-order chi connectivity index (χ0) is 22.7. The van der Waals surface area contributed by atoms with E-state index < -0.39 is 19.2 Å². The zero-order valence-electron chi connectivity index (χ0n) is 16.9. The van der Waals surface area contributed by atoms with Gasteiger partial charge in [0.05, 0.1) is 31.9 Å². The Hall–Kier alpha value is -2.95. The van der Waals surface area contributed by atoms with E-state index in [0.29, 0.717) is 46.9 Å². The maximum atomic E-state index is 13.5. The second-order valence-corrected chi connectivity index (χ2v) is 8.54. The molecule has 0 amide bonds. The number of anilines is 1. The van der Waals surface area contributed by atoms with Gasteiger partial charge in [0.25, 0.3) is 6.43 Å². The number of aromatic nitrogens is 1. The van der Waals surface area contributed by atoms with Crippen molar-refractivity contribution >= 4 is 17.6 Å². The number of hydrogen-bond donors (Lipinski definition) is 0. The molecule has 0 saturated carbocycles. The van der Waals surface area contributed by atoms with Crippen LogP contribution in [0.2, 0.25) is 0 Å². The van der Waals surface area contributed by atoms with E-state index in [1.165, 1.54) is 23.9 Å². The highest BCUT2D eigenvalue weighted by Crippen LogP contribution is 2.40. The SMILES string of the molecule is N#Cc1c(SCC2COC2)nc(N2CC(F)C2)c(C#N)c1-c1ccc(OCC(F)F)cc1. The Bertz CT molecular complexity index is 1060.